The van der Waals surface area contributed by atoms with Crippen LogP contribution in [-0.4, -0.2) is 10.9 Å². The van der Waals surface area contributed by atoms with Crippen molar-refractivity contribution in [2.45, 2.75) is 6.92 Å². The van der Waals surface area contributed by atoms with Gasteiger partial charge >= 0.3 is 4.87 Å². The fourth-order valence-corrected chi connectivity index (χ4v) is 2.82. The minimum Gasteiger partial charge on any atom is -0.322 e. The molecule has 0 fully saturated rings. The van der Waals surface area contributed by atoms with Crippen LogP contribution < -0.4 is 10.2 Å². The number of hydrogen-bond donors (Lipinski definition) is 2. The van der Waals surface area contributed by atoms with Gasteiger partial charge in [-0.2, -0.15) is 0 Å². The number of rotatable bonds is 2. The average molecular weight is 284 g/mol. The SMILES string of the molecule is Cc1ccccc1C(=O)Nc1ccc2[nH]c(=O)sc2c1. The van der Waals surface area contributed by atoms with E-state index in [1.54, 1.807) is 24.3 Å². The number of anilines is 1. The molecule has 0 atom stereocenters. The van der Waals surface area contributed by atoms with E-state index in [0.29, 0.717) is 11.3 Å². The van der Waals surface area contributed by atoms with Gasteiger partial charge < -0.3 is 10.3 Å². The van der Waals surface area contributed by atoms with Crippen molar-refractivity contribution in [1.82, 2.24) is 4.98 Å². The number of thiazole rings is 1. The summed E-state index contributed by atoms with van der Waals surface area (Å²) >= 11 is 1.13. The minimum atomic E-state index is -0.148. The van der Waals surface area contributed by atoms with Gasteiger partial charge in [0.15, 0.2) is 0 Å². The number of amides is 1. The number of aryl methyl sites for hydroxylation is 1. The van der Waals surface area contributed by atoms with Gasteiger partial charge in [0.25, 0.3) is 5.91 Å². The highest BCUT2D eigenvalue weighted by Crippen LogP contribution is 2.20. The van der Waals surface area contributed by atoms with Gasteiger partial charge in [-0.1, -0.05) is 29.5 Å². The number of nitrogens with one attached hydrogen (secondary N) is 2. The highest BCUT2D eigenvalue weighted by Gasteiger charge is 2.09. The third kappa shape index (κ3) is 2.35. The first kappa shape index (κ1) is 12.6. The number of fused-ring (bicyclic) bond motifs is 1. The van der Waals surface area contributed by atoms with Crippen LogP contribution in [0.5, 0.6) is 0 Å². The Bertz CT molecular complexity index is 848. The van der Waals surface area contributed by atoms with E-state index in [0.717, 1.165) is 27.1 Å². The highest BCUT2D eigenvalue weighted by atomic mass is 32.1. The molecule has 0 aliphatic carbocycles. The monoisotopic (exact) mass is 284 g/mol. The lowest BCUT2D eigenvalue weighted by Gasteiger charge is -2.07. The molecule has 0 bridgehead atoms. The van der Waals surface area contributed by atoms with Crippen LogP contribution in [0.2, 0.25) is 0 Å². The number of carbonyl (C=O) groups excluding carboxylic acids is 1. The van der Waals surface area contributed by atoms with E-state index in [4.69, 9.17) is 0 Å². The molecule has 0 saturated heterocycles. The third-order valence-electron chi connectivity index (χ3n) is 3.07. The maximum Gasteiger partial charge on any atom is 0.305 e. The zero-order valence-corrected chi connectivity index (χ0v) is 11.6. The fourth-order valence-electron chi connectivity index (χ4n) is 2.05. The number of benzene rings is 2. The van der Waals surface area contributed by atoms with Gasteiger partial charge in [0.05, 0.1) is 10.2 Å². The quantitative estimate of drug-likeness (QED) is 0.759. The molecule has 3 aromatic rings. The number of aromatic nitrogens is 1. The van der Waals surface area contributed by atoms with E-state index < -0.39 is 0 Å². The molecular weight excluding hydrogens is 272 g/mol. The third-order valence-corrected chi connectivity index (χ3v) is 3.91. The van der Waals surface area contributed by atoms with Crippen LogP contribution in [0.25, 0.3) is 10.2 Å². The highest BCUT2D eigenvalue weighted by molar-refractivity contribution is 7.16. The van der Waals surface area contributed by atoms with Crippen molar-refractivity contribution in [3.05, 3.63) is 63.3 Å². The molecule has 0 unspecified atom stereocenters. The fraction of sp³-hybridized carbons (Fsp3) is 0.0667. The van der Waals surface area contributed by atoms with E-state index in [-0.39, 0.29) is 10.8 Å². The number of H-pyrrole nitrogens is 1. The zero-order chi connectivity index (χ0) is 14.1. The molecule has 1 aromatic heterocycles. The van der Waals surface area contributed by atoms with Crippen LogP contribution in [0.15, 0.2) is 47.3 Å². The first-order valence-corrected chi connectivity index (χ1v) is 6.95. The molecule has 3 rings (SSSR count). The molecule has 5 heteroatoms. The average Bonchev–Trinajstić information content (AvgIpc) is 2.78. The van der Waals surface area contributed by atoms with Crippen molar-refractivity contribution in [3.8, 4) is 0 Å². The molecule has 0 aliphatic rings. The molecule has 4 nitrogen and oxygen atoms in total. The largest absolute Gasteiger partial charge is 0.322 e. The van der Waals surface area contributed by atoms with Crippen molar-refractivity contribution < 1.29 is 4.79 Å². The molecule has 20 heavy (non-hydrogen) atoms. The van der Waals surface area contributed by atoms with E-state index >= 15 is 0 Å². The second-order valence-corrected chi connectivity index (χ2v) is 5.51. The van der Waals surface area contributed by atoms with Crippen LogP contribution in [-0.2, 0) is 0 Å². The Morgan fingerprint density at radius 2 is 2.00 bits per heavy atom. The Balaban J connectivity index is 1.91. The molecule has 0 spiro atoms. The Hall–Kier alpha value is -2.40. The molecule has 1 amide bonds. The van der Waals surface area contributed by atoms with Gasteiger partial charge in [-0.05, 0) is 36.8 Å². The van der Waals surface area contributed by atoms with Crippen LogP contribution in [0.4, 0.5) is 5.69 Å². The smallest absolute Gasteiger partial charge is 0.305 e. The Morgan fingerprint density at radius 3 is 2.80 bits per heavy atom. The van der Waals surface area contributed by atoms with Crippen molar-refractivity contribution in [2.75, 3.05) is 5.32 Å². The lowest BCUT2D eigenvalue weighted by Crippen LogP contribution is -2.13. The summed E-state index contributed by atoms with van der Waals surface area (Å²) in [5, 5.41) is 2.85. The van der Waals surface area contributed by atoms with E-state index in [2.05, 4.69) is 10.3 Å². The predicted octanol–water partition coefficient (Wildman–Crippen LogP) is 3.15. The van der Waals surface area contributed by atoms with Crippen LogP contribution in [0, 0.1) is 6.92 Å². The van der Waals surface area contributed by atoms with Gasteiger partial charge in [0.2, 0.25) is 0 Å². The summed E-state index contributed by atoms with van der Waals surface area (Å²) in [5.41, 5.74) is 3.04. The summed E-state index contributed by atoms with van der Waals surface area (Å²) in [4.78, 5) is 26.1. The van der Waals surface area contributed by atoms with Gasteiger partial charge in [-0.25, -0.2) is 0 Å². The summed E-state index contributed by atoms with van der Waals surface area (Å²) in [6.45, 7) is 1.90. The lowest BCUT2D eigenvalue weighted by molar-refractivity contribution is 0.102. The normalized spacial score (nSPS) is 10.7. The zero-order valence-electron chi connectivity index (χ0n) is 10.8. The molecule has 0 saturated carbocycles. The first-order chi connectivity index (χ1) is 9.63. The second-order valence-electron chi connectivity index (χ2n) is 4.49. The Labute approximate surface area is 119 Å². The van der Waals surface area contributed by atoms with Gasteiger partial charge in [0.1, 0.15) is 0 Å². The van der Waals surface area contributed by atoms with E-state index in [1.807, 2.05) is 25.1 Å². The topological polar surface area (TPSA) is 62.0 Å². The first-order valence-electron chi connectivity index (χ1n) is 6.13. The second kappa shape index (κ2) is 4.94. The summed E-state index contributed by atoms with van der Waals surface area (Å²) in [7, 11) is 0. The van der Waals surface area contributed by atoms with Crippen molar-refractivity contribution in [2.24, 2.45) is 0 Å². The van der Waals surface area contributed by atoms with Crippen molar-refractivity contribution in [3.63, 3.8) is 0 Å². The molecule has 0 aliphatic heterocycles. The number of hydrogen-bond acceptors (Lipinski definition) is 3. The molecule has 1 heterocycles. The minimum absolute atomic E-state index is 0.0950. The van der Waals surface area contributed by atoms with Crippen molar-refractivity contribution in [1.29, 1.82) is 0 Å². The van der Waals surface area contributed by atoms with E-state index in [9.17, 15) is 9.59 Å². The van der Waals surface area contributed by atoms with Gasteiger partial charge in [-0.15, -0.1) is 0 Å². The predicted molar refractivity (Wildman–Crippen MR) is 81.6 cm³/mol. The maximum atomic E-state index is 12.2. The Kier molecular flexibility index (Phi) is 3.12. The van der Waals surface area contributed by atoms with Crippen LogP contribution >= 0.6 is 11.3 Å². The molecule has 0 radical (unpaired) electrons. The molecule has 2 aromatic carbocycles. The van der Waals surface area contributed by atoms with Crippen LogP contribution in [0.1, 0.15) is 15.9 Å². The summed E-state index contributed by atoms with van der Waals surface area (Å²) < 4.78 is 0.831. The summed E-state index contributed by atoms with van der Waals surface area (Å²) in [6, 6.07) is 12.8. The molecule has 2 N–H and O–H groups in total. The summed E-state index contributed by atoms with van der Waals surface area (Å²) in [6.07, 6.45) is 0. The Morgan fingerprint density at radius 1 is 1.20 bits per heavy atom. The molecule has 100 valence electrons. The lowest BCUT2D eigenvalue weighted by atomic mass is 10.1. The maximum absolute atomic E-state index is 12.2. The van der Waals surface area contributed by atoms with Crippen LogP contribution in [0.3, 0.4) is 0 Å². The van der Waals surface area contributed by atoms with Gasteiger partial charge in [-0.3, -0.25) is 9.59 Å². The summed E-state index contributed by atoms with van der Waals surface area (Å²) in [5.74, 6) is -0.148. The standard InChI is InChI=1S/C15H12N2O2S/c1-9-4-2-3-5-11(9)14(18)16-10-6-7-12-13(8-10)20-15(19)17-12/h2-8H,1H3,(H,16,18)(H,17,19). The molecular formula is C15H12N2O2S. The van der Waals surface area contributed by atoms with Crippen molar-refractivity contribution >= 4 is 33.1 Å². The van der Waals surface area contributed by atoms with Gasteiger partial charge in [0, 0.05) is 11.3 Å². The number of carbonyl (C=O) groups is 1. The number of aromatic amines is 1. The van der Waals surface area contributed by atoms with E-state index in [1.165, 1.54) is 0 Å².